The number of alkyl halides is 2. The lowest BCUT2D eigenvalue weighted by Crippen LogP contribution is -2.59. The summed E-state index contributed by atoms with van der Waals surface area (Å²) < 4.78 is 28.0. The van der Waals surface area contributed by atoms with Crippen molar-refractivity contribution in [1.82, 2.24) is 10.2 Å². The fourth-order valence-electron chi connectivity index (χ4n) is 6.29. The first kappa shape index (κ1) is 22.5. The molecule has 2 bridgehead atoms. The van der Waals surface area contributed by atoms with Crippen LogP contribution in [0.15, 0.2) is 60.7 Å². The van der Waals surface area contributed by atoms with Crippen LogP contribution in [0, 0.1) is 23.7 Å². The number of hydrogen-bond acceptors (Lipinski definition) is 3. The number of aliphatic hydroxyl groups is 1. The Bertz CT molecular complexity index is 959. The molecule has 0 aromatic heterocycles. The third kappa shape index (κ3) is 4.43. The van der Waals surface area contributed by atoms with E-state index in [2.05, 4.69) is 34.5 Å². The number of benzene rings is 2. The van der Waals surface area contributed by atoms with Gasteiger partial charge in [-0.15, -0.1) is 0 Å². The average Bonchev–Trinajstić information content (AvgIpc) is 3.19. The standard InChI is InChI=1S/C27H32F2N2O2/c28-26(29)12-11-23(14-26)27(33,22-9-5-2-6-10-22)25(32)30-15-24-20-13-21(24)18-31(17-20)16-19-7-3-1-4-8-19/h1-10,20-21,23-24,33H,11-18H2,(H,30,32)/t20-,21-,23?,27?/m0/s1. The van der Waals surface area contributed by atoms with E-state index in [9.17, 15) is 18.7 Å². The van der Waals surface area contributed by atoms with Gasteiger partial charge in [0.2, 0.25) is 5.92 Å². The first-order chi connectivity index (χ1) is 15.8. The fraction of sp³-hybridized carbons (Fsp3) is 0.519. The summed E-state index contributed by atoms with van der Waals surface area (Å²) in [5.74, 6) is -2.74. The van der Waals surface area contributed by atoms with Crippen LogP contribution in [0.3, 0.4) is 0 Å². The lowest BCUT2D eigenvalue weighted by molar-refractivity contribution is -0.150. The molecule has 0 spiro atoms. The van der Waals surface area contributed by atoms with E-state index in [1.54, 1.807) is 30.3 Å². The van der Waals surface area contributed by atoms with Crippen LogP contribution in [0.2, 0.25) is 0 Å². The van der Waals surface area contributed by atoms with E-state index in [0.29, 0.717) is 29.9 Å². The topological polar surface area (TPSA) is 52.6 Å². The maximum Gasteiger partial charge on any atom is 0.256 e. The van der Waals surface area contributed by atoms with E-state index < -0.39 is 29.8 Å². The third-order valence-corrected chi connectivity index (χ3v) is 8.10. The maximum atomic E-state index is 14.0. The minimum atomic E-state index is -2.83. The molecule has 2 aliphatic carbocycles. The van der Waals surface area contributed by atoms with Gasteiger partial charge in [-0.05, 0) is 41.7 Å². The van der Waals surface area contributed by atoms with Crippen LogP contribution < -0.4 is 5.32 Å². The van der Waals surface area contributed by atoms with E-state index >= 15 is 0 Å². The summed E-state index contributed by atoms with van der Waals surface area (Å²) in [4.78, 5) is 15.8. The van der Waals surface area contributed by atoms with Crippen LogP contribution in [0.25, 0.3) is 0 Å². The van der Waals surface area contributed by atoms with Crippen molar-refractivity contribution in [2.24, 2.45) is 23.7 Å². The Morgan fingerprint density at radius 2 is 1.70 bits per heavy atom. The second-order valence-electron chi connectivity index (χ2n) is 10.2. The summed E-state index contributed by atoms with van der Waals surface area (Å²) >= 11 is 0. The van der Waals surface area contributed by atoms with Crippen molar-refractivity contribution in [3.05, 3.63) is 71.8 Å². The monoisotopic (exact) mass is 454 g/mol. The summed E-state index contributed by atoms with van der Waals surface area (Å²) in [5, 5.41) is 14.5. The van der Waals surface area contributed by atoms with Crippen molar-refractivity contribution >= 4 is 5.91 Å². The number of nitrogens with zero attached hydrogens (tertiary/aromatic N) is 1. The van der Waals surface area contributed by atoms with Crippen molar-refractivity contribution in [1.29, 1.82) is 0 Å². The van der Waals surface area contributed by atoms with Gasteiger partial charge in [-0.25, -0.2) is 8.78 Å². The molecule has 2 N–H and O–H groups in total. The molecule has 33 heavy (non-hydrogen) atoms. The Balaban J connectivity index is 1.22. The fourth-order valence-corrected chi connectivity index (χ4v) is 6.29. The minimum absolute atomic E-state index is 0.134. The molecular weight excluding hydrogens is 422 g/mol. The molecule has 2 saturated heterocycles. The van der Waals surface area contributed by atoms with Gasteiger partial charge in [0.25, 0.3) is 5.91 Å². The molecular formula is C27H32F2N2O2. The molecule has 4 fully saturated rings. The predicted octanol–water partition coefficient (Wildman–Crippen LogP) is 4.19. The van der Waals surface area contributed by atoms with Crippen molar-refractivity contribution < 1.29 is 18.7 Å². The van der Waals surface area contributed by atoms with Gasteiger partial charge < -0.3 is 10.4 Å². The second-order valence-corrected chi connectivity index (χ2v) is 10.2. The zero-order chi connectivity index (χ0) is 23.1. The molecule has 2 unspecified atom stereocenters. The number of amides is 1. The van der Waals surface area contributed by atoms with Crippen LogP contribution in [-0.2, 0) is 16.9 Å². The quantitative estimate of drug-likeness (QED) is 0.660. The molecule has 6 heteroatoms. The SMILES string of the molecule is O=C(NCC1[C@H]2C[C@H]1CN(Cc1ccccc1)C2)C(O)(c1ccccc1)C1CCC(F)(F)C1. The Hall–Kier alpha value is -2.31. The first-order valence-electron chi connectivity index (χ1n) is 12.1. The van der Waals surface area contributed by atoms with E-state index in [1.165, 1.54) is 12.0 Å². The zero-order valence-corrected chi connectivity index (χ0v) is 18.8. The van der Waals surface area contributed by atoms with Crippen molar-refractivity contribution in [2.75, 3.05) is 19.6 Å². The highest BCUT2D eigenvalue weighted by Gasteiger charge is 2.54. The van der Waals surface area contributed by atoms with E-state index in [0.717, 1.165) is 19.6 Å². The Morgan fingerprint density at radius 1 is 1.06 bits per heavy atom. The Kier molecular flexibility index (Phi) is 6.00. The van der Waals surface area contributed by atoms with Crippen molar-refractivity contribution in [3.8, 4) is 0 Å². The van der Waals surface area contributed by atoms with E-state index in [1.807, 2.05) is 6.07 Å². The number of carbonyl (C=O) groups is 1. The van der Waals surface area contributed by atoms with Gasteiger partial charge in [-0.2, -0.15) is 0 Å². The second kappa shape index (κ2) is 8.80. The third-order valence-electron chi connectivity index (χ3n) is 8.10. The highest BCUT2D eigenvalue weighted by atomic mass is 19.3. The van der Waals surface area contributed by atoms with Crippen LogP contribution in [-0.4, -0.2) is 41.5 Å². The molecule has 176 valence electrons. The summed E-state index contributed by atoms with van der Waals surface area (Å²) in [6, 6.07) is 19.0. The molecule has 4 atom stereocenters. The van der Waals surface area contributed by atoms with Gasteiger partial charge in [-0.1, -0.05) is 60.7 Å². The normalized spacial score (nSPS) is 30.3. The summed E-state index contributed by atoms with van der Waals surface area (Å²) in [5.41, 5.74) is -0.225. The summed E-state index contributed by atoms with van der Waals surface area (Å²) in [6.45, 7) is 3.44. The molecule has 2 aromatic rings. The molecule has 4 nitrogen and oxygen atoms in total. The van der Waals surface area contributed by atoms with Gasteiger partial charge in [-0.3, -0.25) is 9.69 Å². The van der Waals surface area contributed by atoms with Gasteiger partial charge in [0, 0.05) is 44.9 Å². The highest BCUT2D eigenvalue weighted by Crippen LogP contribution is 2.48. The highest BCUT2D eigenvalue weighted by molar-refractivity contribution is 5.86. The van der Waals surface area contributed by atoms with E-state index in [4.69, 9.17) is 0 Å². The lowest BCUT2D eigenvalue weighted by atomic mass is 9.61. The molecule has 2 aliphatic heterocycles. The van der Waals surface area contributed by atoms with Crippen LogP contribution in [0.5, 0.6) is 0 Å². The molecule has 2 saturated carbocycles. The number of halogens is 2. The van der Waals surface area contributed by atoms with Crippen LogP contribution in [0.1, 0.15) is 36.8 Å². The number of fused-ring (bicyclic) bond motifs is 2. The molecule has 2 aromatic carbocycles. The number of carbonyl (C=O) groups excluding carboxylic acids is 1. The largest absolute Gasteiger partial charge is 0.375 e. The Labute approximate surface area is 194 Å². The smallest absolute Gasteiger partial charge is 0.256 e. The zero-order valence-electron chi connectivity index (χ0n) is 18.8. The predicted molar refractivity (Wildman–Crippen MR) is 122 cm³/mol. The Morgan fingerprint density at radius 3 is 2.30 bits per heavy atom. The average molecular weight is 455 g/mol. The minimum Gasteiger partial charge on any atom is -0.375 e. The van der Waals surface area contributed by atoms with E-state index in [-0.39, 0.29) is 12.8 Å². The number of nitrogens with one attached hydrogen (secondary N) is 1. The molecule has 1 amide bonds. The van der Waals surface area contributed by atoms with Crippen LogP contribution in [0.4, 0.5) is 8.78 Å². The molecule has 6 rings (SSSR count). The maximum absolute atomic E-state index is 14.0. The molecule has 2 heterocycles. The number of rotatable bonds is 7. The molecule has 0 radical (unpaired) electrons. The summed E-state index contributed by atoms with van der Waals surface area (Å²) in [7, 11) is 0. The van der Waals surface area contributed by atoms with Crippen molar-refractivity contribution in [2.45, 2.75) is 43.8 Å². The van der Waals surface area contributed by atoms with Gasteiger partial charge >= 0.3 is 0 Å². The number of hydrogen-bond donors (Lipinski definition) is 2. The van der Waals surface area contributed by atoms with Gasteiger partial charge in [0.15, 0.2) is 5.60 Å². The van der Waals surface area contributed by atoms with Crippen LogP contribution >= 0.6 is 0 Å². The summed E-state index contributed by atoms with van der Waals surface area (Å²) in [6.07, 6.45) is 0.553. The molecule has 4 aliphatic rings. The van der Waals surface area contributed by atoms with Gasteiger partial charge in [0.1, 0.15) is 0 Å². The first-order valence-corrected chi connectivity index (χ1v) is 12.1. The van der Waals surface area contributed by atoms with Gasteiger partial charge in [0.05, 0.1) is 0 Å². The van der Waals surface area contributed by atoms with Crippen molar-refractivity contribution in [3.63, 3.8) is 0 Å². The number of piperidine rings is 2. The lowest BCUT2D eigenvalue weighted by Gasteiger charge is -2.54.